The zero-order chi connectivity index (χ0) is 19.9. The lowest BCUT2D eigenvalue weighted by Gasteiger charge is -2.15. The SMILES string of the molecule is CCCCCCc1ccc(CCOC(C)C)n1S(=O)(=O)c1ccc(C)cc1. The number of hydrogen-bond acceptors (Lipinski definition) is 3. The average Bonchev–Trinajstić information content (AvgIpc) is 3.02. The van der Waals surface area contributed by atoms with Gasteiger partial charge in [0.05, 0.1) is 17.6 Å². The molecule has 0 saturated heterocycles. The normalized spacial score (nSPS) is 12.0. The van der Waals surface area contributed by atoms with E-state index in [1.54, 1.807) is 16.1 Å². The van der Waals surface area contributed by atoms with Crippen molar-refractivity contribution in [2.45, 2.75) is 77.2 Å². The Bertz CT molecular complexity index is 805. The molecule has 0 unspecified atom stereocenters. The smallest absolute Gasteiger partial charge is 0.268 e. The fourth-order valence-corrected chi connectivity index (χ4v) is 4.75. The minimum Gasteiger partial charge on any atom is -0.378 e. The zero-order valence-corrected chi connectivity index (χ0v) is 17.9. The summed E-state index contributed by atoms with van der Waals surface area (Å²) >= 11 is 0. The predicted molar refractivity (Wildman–Crippen MR) is 111 cm³/mol. The molecule has 0 fully saturated rings. The molecule has 0 spiro atoms. The predicted octanol–water partition coefficient (Wildman–Crippen LogP) is 5.12. The Morgan fingerprint density at radius 3 is 2.15 bits per heavy atom. The van der Waals surface area contributed by atoms with Crippen molar-refractivity contribution < 1.29 is 13.2 Å². The Kier molecular flexibility index (Phi) is 8.11. The Balaban J connectivity index is 2.33. The van der Waals surface area contributed by atoms with E-state index in [0.717, 1.165) is 36.2 Å². The molecule has 5 heteroatoms. The lowest BCUT2D eigenvalue weighted by atomic mass is 10.1. The van der Waals surface area contributed by atoms with Crippen LogP contribution in [0, 0.1) is 6.92 Å². The number of ether oxygens (including phenoxy) is 1. The molecule has 0 aliphatic heterocycles. The number of aryl methyl sites for hydroxylation is 2. The second-order valence-corrected chi connectivity index (χ2v) is 9.17. The maximum absolute atomic E-state index is 13.4. The van der Waals surface area contributed by atoms with Crippen LogP contribution in [0.15, 0.2) is 41.3 Å². The first kappa shape index (κ1) is 21.7. The van der Waals surface area contributed by atoms with Gasteiger partial charge in [-0.2, -0.15) is 0 Å². The van der Waals surface area contributed by atoms with Crippen molar-refractivity contribution in [3.05, 3.63) is 53.3 Å². The third-order valence-corrected chi connectivity index (χ3v) is 6.46. The molecule has 0 bridgehead atoms. The van der Waals surface area contributed by atoms with Crippen molar-refractivity contribution in [3.63, 3.8) is 0 Å². The number of unbranched alkanes of at least 4 members (excludes halogenated alkanes) is 3. The van der Waals surface area contributed by atoms with E-state index in [0.29, 0.717) is 17.9 Å². The topological polar surface area (TPSA) is 48.3 Å². The molecule has 0 aliphatic carbocycles. The van der Waals surface area contributed by atoms with Gasteiger partial charge in [0, 0.05) is 17.8 Å². The highest BCUT2D eigenvalue weighted by atomic mass is 32.2. The average molecular weight is 392 g/mol. The fraction of sp³-hybridized carbons (Fsp3) is 0.545. The maximum Gasteiger partial charge on any atom is 0.268 e. The monoisotopic (exact) mass is 391 g/mol. The van der Waals surface area contributed by atoms with Crippen LogP contribution in [0.4, 0.5) is 0 Å². The Morgan fingerprint density at radius 2 is 1.56 bits per heavy atom. The second-order valence-electron chi connectivity index (χ2n) is 7.38. The number of hydrogen-bond donors (Lipinski definition) is 0. The van der Waals surface area contributed by atoms with Crippen LogP contribution in [0.25, 0.3) is 0 Å². The van der Waals surface area contributed by atoms with Gasteiger partial charge in [0.25, 0.3) is 10.0 Å². The quantitative estimate of drug-likeness (QED) is 0.499. The van der Waals surface area contributed by atoms with E-state index in [-0.39, 0.29) is 6.10 Å². The van der Waals surface area contributed by atoms with E-state index in [1.165, 1.54) is 12.8 Å². The molecular weight excluding hydrogens is 358 g/mol. The molecule has 0 saturated carbocycles. The molecule has 0 atom stereocenters. The summed E-state index contributed by atoms with van der Waals surface area (Å²) in [6.45, 7) is 8.63. The van der Waals surface area contributed by atoms with Crippen LogP contribution in [0.3, 0.4) is 0 Å². The van der Waals surface area contributed by atoms with E-state index in [2.05, 4.69) is 6.92 Å². The summed E-state index contributed by atoms with van der Waals surface area (Å²) in [5.74, 6) is 0. The van der Waals surface area contributed by atoms with Gasteiger partial charge < -0.3 is 4.74 Å². The van der Waals surface area contributed by atoms with Gasteiger partial charge in [-0.05, 0) is 57.9 Å². The molecular formula is C22H33NO3S. The van der Waals surface area contributed by atoms with Crippen molar-refractivity contribution in [1.82, 2.24) is 3.97 Å². The summed E-state index contributed by atoms with van der Waals surface area (Å²) in [7, 11) is -3.61. The zero-order valence-electron chi connectivity index (χ0n) is 17.1. The lowest BCUT2D eigenvalue weighted by molar-refractivity contribution is 0.0808. The van der Waals surface area contributed by atoms with E-state index in [9.17, 15) is 8.42 Å². The molecule has 2 aromatic rings. The van der Waals surface area contributed by atoms with Crippen molar-refractivity contribution in [1.29, 1.82) is 0 Å². The summed E-state index contributed by atoms with van der Waals surface area (Å²) in [4.78, 5) is 0.338. The third-order valence-electron chi connectivity index (χ3n) is 4.64. The van der Waals surface area contributed by atoms with Gasteiger partial charge in [0.2, 0.25) is 0 Å². The first-order valence-corrected chi connectivity index (χ1v) is 11.4. The fourth-order valence-electron chi connectivity index (χ4n) is 3.14. The highest BCUT2D eigenvalue weighted by Crippen LogP contribution is 2.23. The first-order chi connectivity index (χ1) is 12.9. The molecule has 1 aromatic heterocycles. The number of aromatic nitrogens is 1. The van der Waals surface area contributed by atoms with Crippen LogP contribution < -0.4 is 0 Å². The summed E-state index contributed by atoms with van der Waals surface area (Å²) in [6.07, 6.45) is 5.96. The van der Waals surface area contributed by atoms with Gasteiger partial charge in [-0.25, -0.2) is 12.4 Å². The van der Waals surface area contributed by atoms with Gasteiger partial charge >= 0.3 is 0 Å². The minimum atomic E-state index is -3.61. The van der Waals surface area contributed by atoms with Crippen LogP contribution in [0.1, 0.15) is 63.4 Å². The molecule has 2 rings (SSSR count). The Morgan fingerprint density at radius 1 is 0.926 bits per heavy atom. The van der Waals surface area contributed by atoms with Gasteiger partial charge in [0.1, 0.15) is 0 Å². The first-order valence-electron chi connectivity index (χ1n) is 9.99. The van der Waals surface area contributed by atoms with Gasteiger partial charge in [0.15, 0.2) is 0 Å². The van der Waals surface area contributed by atoms with Crippen molar-refractivity contribution in [2.24, 2.45) is 0 Å². The molecule has 1 heterocycles. The standard InChI is InChI=1S/C22H33NO3S/c1-5-6-7-8-9-20-12-13-21(16-17-26-18(2)3)23(20)27(24,25)22-14-10-19(4)11-15-22/h10-15,18H,5-9,16-17H2,1-4H3. The third kappa shape index (κ3) is 5.94. The van der Waals surface area contributed by atoms with Crippen LogP contribution in [0.2, 0.25) is 0 Å². The molecule has 150 valence electrons. The Labute approximate surface area is 164 Å². The minimum absolute atomic E-state index is 0.135. The van der Waals surface area contributed by atoms with Crippen LogP contribution in [-0.2, 0) is 27.6 Å². The van der Waals surface area contributed by atoms with Crippen molar-refractivity contribution in [2.75, 3.05) is 6.61 Å². The lowest BCUT2D eigenvalue weighted by Crippen LogP contribution is -2.20. The highest BCUT2D eigenvalue weighted by molar-refractivity contribution is 7.90. The second kappa shape index (κ2) is 10.1. The van der Waals surface area contributed by atoms with Gasteiger partial charge in [-0.15, -0.1) is 0 Å². The highest BCUT2D eigenvalue weighted by Gasteiger charge is 2.23. The number of nitrogens with zero attached hydrogens (tertiary/aromatic N) is 1. The summed E-state index contributed by atoms with van der Waals surface area (Å²) in [5, 5.41) is 0. The van der Waals surface area contributed by atoms with Crippen LogP contribution in [0.5, 0.6) is 0 Å². The molecule has 27 heavy (non-hydrogen) atoms. The molecule has 4 nitrogen and oxygen atoms in total. The van der Waals surface area contributed by atoms with Crippen LogP contribution >= 0.6 is 0 Å². The maximum atomic E-state index is 13.4. The molecule has 0 radical (unpaired) electrons. The summed E-state index contributed by atoms with van der Waals surface area (Å²) in [5.41, 5.74) is 2.71. The molecule has 1 aromatic carbocycles. The van der Waals surface area contributed by atoms with Gasteiger partial charge in [-0.1, -0.05) is 43.9 Å². The van der Waals surface area contributed by atoms with Crippen LogP contribution in [-0.4, -0.2) is 25.1 Å². The van der Waals surface area contributed by atoms with Crippen molar-refractivity contribution >= 4 is 10.0 Å². The Hall–Kier alpha value is -1.59. The molecule has 0 N–H and O–H groups in total. The number of benzene rings is 1. The molecule has 0 amide bonds. The van der Waals surface area contributed by atoms with Crippen molar-refractivity contribution in [3.8, 4) is 0 Å². The number of rotatable bonds is 11. The summed E-state index contributed by atoms with van der Waals surface area (Å²) in [6, 6.07) is 11.0. The molecule has 0 aliphatic rings. The van der Waals surface area contributed by atoms with E-state index in [4.69, 9.17) is 4.74 Å². The van der Waals surface area contributed by atoms with E-state index in [1.807, 2.05) is 45.0 Å². The largest absolute Gasteiger partial charge is 0.378 e. The summed E-state index contributed by atoms with van der Waals surface area (Å²) < 4.78 is 33.9. The van der Waals surface area contributed by atoms with Gasteiger partial charge in [-0.3, -0.25) is 0 Å². The van der Waals surface area contributed by atoms with E-state index >= 15 is 0 Å². The van der Waals surface area contributed by atoms with E-state index < -0.39 is 10.0 Å².